The Morgan fingerprint density at radius 2 is 2.20 bits per heavy atom. The first-order chi connectivity index (χ1) is 12.2. The fourth-order valence-electron chi connectivity index (χ4n) is 2.78. The molecule has 1 atom stereocenters. The van der Waals surface area contributed by atoms with Crippen LogP contribution in [0.5, 0.6) is 0 Å². The van der Waals surface area contributed by atoms with E-state index in [2.05, 4.69) is 20.7 Å². The van der Waals surface area contributed by atoms with Crippen molar-refractivity contribution in [3.63, 3.8) is 0 Å². The normalized spacial score (nSPS) is 18.2. The summed E-state index contributed by atoms with van der Waals surface area (Å²) < 4.78 is 14.8. The molecule has 7 heteroatoms. The van der Waals surface area contributed by atoms with Crippen molar-refractivity contribution in [2.24, 2.45) is 4.99 Å². The Bertz CT molecular complexity index is 692. The second kappa shape index (κ2) is 8.89. The molecule has 0 radical (unpaired) electrons. The van der Waals surface area contributed by atoms with Gasteiger partial charge in [0.25, 0.3) is 0 Å². The van der Waals surface area contributed by atoms with Crippen molar-refractivity contribution in [2.75, 3.05) is 25.1 Å². The van der Waals surface area contributed by atoms with Gasteiger partial charge in [0.1, 0.15) is 5.82 Å². The summed E-state index contributed by atoms with van der Waals surface area (Å²) in [6, 6.07) is 8.81. The van der Waals surface area contributed by atoms with Crippen molar-refractivity contribution in [1.82, 2.24) is 20.4 Å². The molecule has 1 saturated heterocycles. The molecule has 1 aliphatic rings. The molecule has 1 aromatic carbocycles. The van der Waals surface area contributed by atoms with Gasteiger partial charge in [-0.25, -0.2) is 9.07 Å². The maximum Gasteiger partial charge on any atom is 0.191 e. The van der Waals surface area contributed by atoms with E-state index in [1.807, 2.05) is 24.0 Å². The van der Waals surface area contributed by atoms with Gasteiger partial charge >= 0.3 is 0 Å². The summed E-state index contributed by atoms with van der Waals surface area (Å²) in [7, 11) is 1.80. The Labute approximate surface area is 152 Å². The van der Waals surface area contributed by atoms with E-state index in [1.165, 1.54) is 30.7 Å². The van der Waals surface area contributed by atoms with Crippen LogP contribution in [0.15, 0.2) is 41.5 Å². The first-order valence-corrected chi connectivity index (χ1v) is 9.75. The van der Waals surface area contributed by atoms with E-state index in [9.17, 15) is 4.39 Å². The number of benzene rings is 1. The molecule has 5 nitrogen and oxygen atoms in total. The van der Waals surface area contributed by atoms with E-state index in [0.29, 0.717) is 6.04 Å². The minimum atomic E-state index is -0.240. The van der Waals surface area contributed by atoms with Gasteiger partial charge in [-0.05, 0) is 48.9 Å². The van der Waals surface area contributed by atoms with Crippen molar-refractivity contribution in [2.45, 2.75) is 25.3 Å². The molecule has 3 rings (SSSR count). The molecule has 1 unspecified atom stereocenters. The number of nitrogens with one attached hydrogen (secondary N) is 2. The standard InChI is InChI=1S/C18H24FN5S/c1-20-18(22-16-3-2-12-25-13-16)21-10-8-15-9-11-24(23-15)17-6-4-14(19)5-7-17/h4-7,9,11,16H,2-3,8,10,12-13H2,1H3,(H2,20,21,22). The number of halogens is 1. The maximum absolute atomic E-state index is 13.0. The third-order valence-corrected chi connectivity index (χ3v) is 5.35. The highest BCUT2D eigenvalue weighted by atomic mass is 32.2. The molecule has 0 saturated carbocycles. The van der Waals surface area contributed by atoms with Crippen LogP contribution in [-0.4, -0.2) is 46.9 Å². The van der Waals surface area contributed by atoms with Crippen LogP contribution in [0, 0.1) is 5.82 Å². The largest absolute Gasteiger partial charge is 0.356 e. The van der Waals surface area contributed by atoms with E-state index < -0.39 is 0 Å². The molecular formula is C18H24FN5S. The molecule has 2 heterocycles. The van der Waals surface area contributed by atoms with Crippen LogP contribution in [0.2, 0.25) is 0 Å². The van der Waals surface area contributed by atoms with Gasteiger partial charge in [-0.1, -0.05) is 0 Å². The molecule has 1 fully saturated rings. The number of rotatable bonds is 5. The zero-order valence-electron chi connectivity index (χ0n) is 14.4. The Balaban J connectivity index is 1.47. The van der Waals surface area contributed by atoms with Gasteiger partial charge in [0.2, 0.25) is 0 Å². The Kier molecular flexibility index (Phi) is 6.33. The van der Waals surface area contributed by atoms with Crippen molar-refractivity contribution in [3.05, 3.63) is 48.0 Å². The molecule has 0 bridgehead atoms. The lowest BCUT2D eigenvalue weighted by atomic mass is 10.2. The lowest BCUT2D eigenvalue weighted by Crippen LogP contribution is -2.46. The molecular weight excluding hydrogens is 337 g/mol. The number of nitrogens with zero attached hydrogens (tertiary/aromatic N) is 3. The van der Waals surface area contributed by atoms with Gasteiger partial charge in [0.15, 0.2) is 5.96 Å². The van der Waals surface area contributed by atoms with Gasteiger partial charge in [-0.2, -0.15) is 16.9 Å². The topological polar surface area (TPSA) is 54.2 Å². The zero-order chi connectivity index (χ0) is 17.5. The van der Waals surface area contributed by atoms with Crippen LogP contribution in [0.1, 0.15) is 18.5 Å². The summed E-state index contributed by atoms with van der Waals surface area (Å²) >= 11 is 2.00. The van der Waals surface area contributed by atoms with E-state index in [1.54, 1.807) is 23.9 Å². The van der Waals surface area contributed by atoms with Gasteiger partial charge in [-0.15, -0.1) is 0 Å². The van der Waals surface area contributed by atoms with Crippen molar-refractivity contribution in [3.8, 4) is 5.69 Å². The molecule has 0 amide bonds. The number of aromatic nitrogens is 2. The average Bonchev–Trinajstić information content (AvgIpc) is 3.11. The number of thioether (sulfide) groups is 1. The second-order valence-electron chi connectivity index (χ2n) is 6.04. The van der Waals surface area contributed by atoms with Gasteiger partial charge in [0.05, 0.1) is 11.4 Å². The highest BCUT2D eigenvalue weighted by Gasteiger charge is 2.14. The lowest BCUT2D eigenvalue weighted by Gasteiger charge is -2.24. The molecule has 1 aliphatic heterocycles. The number of hydrogen-bond acceptors (Lipinski definition) is 3. The van der Waals surface area contributed by atoms with Crippen molar-refractivity contribution < 1.29 is 4.39 Å². The third kappa shape index (κ3) is 5.22. The van der Waals surface area contributed by atoms with Crippen LogP contribution < -0.4 is 10.6 Å². The summed E-state index contributed by atoms with van der Waals surface area (Å²) in [5, 5.41) is 11.4. The smallest absolute Gasteiger partial charge is 0.191 e. The number of aliphatic imine (C=N–C) groups is 1. The van der Waals surface area contributed by atoms with Crippen LogP contribution >= 0.6 is 11.8 Å². The first-order valence-electron chi connectivity index (χ1n) is 8.60. The predicted octanol–water partition coefficient (Wildman–Crippen LogP) is 2.61. The molecule has 0 spiro atoms. The third-order valence-electron chi connectivity index (χ3n) is 4.13. The molecule has 2 N–H and O–H groups in total. The Morgan fingerprint density at radius 1 is 1.36 bits per heavy atom. The van der Waals surface area contributed by atoms with Crippen LogP contribution in [0.25, 0.3) is 5.69 Å². The summed E-state index contributed by atoms with van der Waals surface area (Å²) in [5.41, 5.74) is 1.84. The van der Waals surface area contributed by atoms with Gasteiger partial charge in [0, 0.05) is 38.0 Å². The minimum absolute atomic E-state index is 0.240. The maximum atomic E-state index is 13.0. The first kappa shape index (κ1) is 17.8. The van der Waals surface area contributed by atoms with Gasteiger partial charge < -0.3 is 10.6 Å². The summed E-state index contributed by atoms with van der Waals surface area (Å²) in [6.45, 7) is 0.764. The van der Waals surface area contributed by atoms with Crippen LogP contribution in [0.3, 0.4) is 0 Å². The van der Waals surface area contributed by atoms with Gasteiger partial charge in [-0.3, -0.25) is 4.99 Å². The molecule has 2 aromatic rings. The predicted molar refractivity (Wildman–Crippen MR) is 102 cm³/mol. The monoisotopic (exact) mass is 361 g/mol. The fraction of sp³-hybridized carbons (Fsp3) is 0.444. The minimum Gasteiger partial charge on any atom is -0.356 e. The lowest BCUT2D eigenvalue weighted by molar-refractivity contribution is 0.582. The van der Waals surface area contributed by atoms with E-state index in [-0.39, 0.29) is 5.82 Å². The number of guanidine groups is 1. The highest BCUT2D eigenvalue weighted by Crippen LogP contribution is 2.16. The fourth-order valence-corrected chi connectivity index (χ4v) is 3.86. The van der Waals surface area contributed by atoms with E-state index in [0.717, 1.165) is 36.1 Å². The Morgan fingerprint density at radius 3 is 2.92 bits per heavy atom. The molecule has 0 aliphatic carbocycles. The molecule has 134 valence electrons. The average molecular weight is 361 g/mol. The summed E-state index contributed by atoms with van der Waals surface area (Å²) in [4.78, 5) is 4.30. The van der Waals surface area contributed by atoms with Crippen LogP contribution in [0.4, 0.5) is 4.39 Å². The highest BCUT2D eigenvalue weighted by molar-refractivity contribution is 7.99. The molecule has 25 heavy (non-hydrogen) atoms. The van der Waals surface area contributed by atoms with E-state index >= 15 is 0 Å². The second-order valence-corrected chi connectivity index (χ2v) is 7.19. The molecule has 1 aromatic heterocycles. The van der Waals surface area contributed by atoms with Crippen molar-refractivity contribution >= 4 is 17.7 Å². The van der Waals surface area contributed by atoms with E-state index in [4.69, 9.17) is 0 Å². The summed E-state index contributed by atoms with van der Waals surface area (Å²) in [6.07, 6.45) is 5.17. The zero-order valence-corrected chi connectivity index (χ0v) is 15.2. The van der Waals surface area contributed by atoms with Crippen LogP contribution in [-0.2, 0) is 6.42 Å². The number of hydrogen-bond donors (Lipinski definition) is 2. The summed E-state index contributed by atoms with van der Waals surface area (Å²) in [5.74, 6) is 3.02. The Hall–Kier alpha value is -2.02. The SMILES string of the molecule is CN=C(NCCc1ccn(-c2ccc(F)cc2)n1)NC1CCCSC1. The quantitative estimate of drug-likeness (QED) is 0.635. The van der Waals surface area contributed by atoms with Crippen molar-refractivity contribution in [1.29, 1.82) is 0 Å².